The van der Waals surface area contributed by atoms with E-state index in [4.69, 9.17) is 5.73 Å². The van der Waals surface area contributed by atoms with Crippen LogP contribution in [-0.4, -0.2) is 147 Å². The number of aromatic hydroxyl groups is 1. The molecular formula is C59H79F3N10O15S. The lowest BCUT2D eigenvalue weighted by Crippen LogP contribution is -2.60. The fourth-order valence-corrected chi connectivity index (χ4v) is 9.50. The second kappa shape index (κ2) is 36.4. The number of carboxylic acids is 2. The Hall–Kier alpha value is -8.76. The third-order valence-corrected chi connectivity index (χ3v) is 14.6. The summed E-state index contributed by atoms with van der Waals surface area (Å²) in [5.41, 5.74) is 5.58. The lowest BCUT2D eigenvalue weighted by molar-refractivity contribution is -0.139. The highest BCUT2D eigenvalue weighted by molar-refractivity contribution is 7.99. The van der Waals surface area contributed by atoms with Gasteiger partial charge in [0.05, 0.1) is 18.7 Å². The average Bonchev–Trinajstić information content (AvgIpc) is 3.54. The van der Waals surface area contributed by atoms with Crippen LogP contribution in [-0.2, 0) is 71.1 Å². The van der Waals surface area contributed by atoms with Crippen LogP contribution in [0.25, 0.3) is 0 Å². The maximum atomic E-state index is 14.5. The van der Waals surface area contributed by atoms with Crippen molar-refractivity contribution < 1.29 is 86.0 Å². The lowest BCUT2D eigenvalue weighted by atomic mass is 9.99. The van der Waals surface area contributed by atoms with E-state index in [2.05, 4.69) is 47.9 Å². The summed E-state index contributed by atoms with van der Waals surface area (Å²) in [6.45, 7) is 8.67. The van der Waals surface area contributed by atoms with Gasteiger partial charge in [-0.3, -0.25) is 57.5 Å². The normalized spacial score (nSPS) is 13.7. The summed E-state index contributed by atoms with van der Waals surface area (Å²) in [5, 5.41) is 50.8. The molecule has 14 N–H and O–H groups in total. The molecule has 0 unspecified atom stereocenters. The number of carboxylic acid groups (broad SMARTS) is 2. The van der Waals surface area contributed by atoms with Crippen molar-refractivity contribution in [1.29, 1.82) is 0 Å². The number of alkyl halides is 3. The van der Waals surface area contributed by atoms with Crippen molar-refractivity contribution >= 4 is 82.8 Å². The molecule has 3 rings (SSSR count). The molecule has 25 nitrogen and oxygen atoms in total. The Labute approximate surface area is 511 Å². The van der Waals surface area contributed by atoms with Crippen LogP contribution in [0.1, 0.15) is 114 Å². The van der Waals surface area contributed by atoms with Gasteiger partial charge in [0.2, 0.25) is 53.2 Å². The Kier molecular flexibility index (Phi) is 30.4. The van der Waals surface area contributed by atoms with E-state index in [0.29, 0.717) is 11.1 Å². The van der Waals surface area contributed by atoms with Crippen LogP contribution in [0.3, 0.4) is 0 Å². The minimum absolute atomic E-state index is 0.0248. The number of phenolic OH excluding ortho intramolecular Hbond substituents is 1. The van der Waals surface area contributed by atoms with Gasteiger partial charge in [0, 0.05) is 37.1 Å². The van der Waals surface area contributed by atoms with Gasteiger partial charge < -0.3 is 68.9 Å². The molecule has 0 heterocycles. The number of nitrogens with one attached hydrogen (secondary N) is 9. The second-order valence-corrected chi connectivity index (χ2v) is 23.0. The molecule has 7 atom stereocenters. The Balaban J connectivity index is 1.90. The number of hydrogen-bond acceptors (Lipinski definition) is 14. The molecule has 3 aromatic carbocycles. The van der Waals surface area contributed by atoms with Crippen LogP contribution in [0.5, 0.6) is 5.75 Å². The predicted molar refractivity (Wildman–Crippen MR) is 316 cm³/mol. The zero-order valence-corrected chi connectivity index (χ0v) is 50.4. The average molecular weight is 1260 g/mol. The molecule has 0 bridgehead atoms. The quantitative estimate of drug-likeness (QED) is 0.0368. The van der Waals surface area contributed by atoms with Gasteiger partial charge in [-0.15, -0.1) is 11.8 Å². The number of nitrogens with two attached hydrogens (primary N) is 1. The predicted octanol–water partition coefficient (Wildman–Crippen LogP) is 2.18. The topological polar surface area (TPSA) is 400 Å². The van der Waals surface area contributed by atoms with Crippen molar-refractivity contribution in [2.45, 2.75) is 146 Å². The highest BCUT2D eigenvalue weighted by Gasteiger charge is 2.35. The molecule has 0 fully saturated rings. The molecule has 0 spiro atoms. The molecule has 0 saturated carbocycles. The maximum Gasteiger partial charge on any atom is 0.416 e. The highest BCUT2D eigenvalue weighted by Crippen LogP contribution is 2.30. The third-order valence-electron chi connectivity index (χ3n) is 13.3. The first kappa shape index (κ1) is 73.5. The molecule has 0 aromatic heterocycles. The molecule has 29 heteroatoms. The van der Waals surface area contributed by atoms with E-state index in [1.807, 2.05) is 0 Å². The van der Waals surface area contributed by atoms with E-state index in [1.165, 1.54) is 48.5 Å². The largest absolute Gasteiger partial charge is 0.508 e. The van der Waals surface area contributed by atoms with E-state index in [0.717, 1.165) is 23.9 Å². The first-order valence-electron chi connectivity index (χ1n) is 28.3. The first-order chi connectivity index (χ1) is 41.3. The SMILES string of the molecule is CC(C)C[C@H](NC(=O)[C@@H](NC(=O)CNC(=O)c1ccccc1)C(C)C)C(=O)N[C@@H](CCCCNC(=O)C[C@H](SCc1ccc(C(F)(F)F)cc1)C(=O)O)C(=O)N[C@@H](CCC(=O)O)C(=O)N[C@@H](Cc1ccc(O)cc1)C(=O)NCC(=O)N[C@H](C(N)=O)C(C)C. The molecule has 0 aliphatic heterocycles. The van der Waals surface area contributed by atoms with Crippen LogP contribution in [0.2, 0.25) is 0 Å². The first-order valence-corrected chi connectivity index (χ1v) is 29.4. The molecule has 88 heavy (non-hydrogen) atoms. The van der Waals surface area contributed by atoms with Crippen molar-refractivity contribution in [2.75, 3.05) is 19.6 Å². The van der Waals surface area contributed by atoms with Crippen molar-refractivity contribution in [1.82, 2.24) is 47.9 Å². The number of rotatable bonds is 37. The zero-order valence-electron chi connectivity index (χ0n) is 49.6. The molecule has 3 aromatic rings. The summed E-state index contributed by atoms with van der Waals surface area (Å²) >= 11 is 0.819. The standard InChI is InChI=1S/C59H79F3N10O15S/c1-32(2)26-42(70-57(85)50(34(5)6)72-47(76)29-65-52(80)37-12-8-7-9-13-37)56(84)67-40(14-10-11-25-64-45(74)28-44(58(86)87)88-31-36-15-19-38(20-16-36)59(60,61)62)54(82)68-41(23-24-48(77)78)55(83)69-43(27-35-17-21-39(73)22-18-35)53(81)66-30-46(75)71-49(33(3)4)51(63)79/h7-9,12-13,15-22,32-34,40-44,49-50,73H,10-11,14,23-31H2,1-6H3,(H2,63,79)(H,64,74)(H,65,80)(H,66,81)(H,67,84)(H,68,82)(H,69,83)(H,70,85)(H,71,75)(H,72,76)(H,77,78)(H,86,87)/t40-,41-,42-,43-,44-,49-,50-/m0/s1. The van der Waals surface area contributed by atoms with Crippen molar-refractivity contribution in [3.05, 3.63) is 101 Å². The third kappa shape index (κ3) is 26.9. The van der Waals surface area contributed by atoms with E-state index in [1.54, 1.807) is 59.7 Å². The summed E-state index contributed by atoms with van der Waals surface area (Å²) < 4.78 is 39.2. The minimum atomic E-state index is -4.58. The van der Waals surface area contributed by atoms with Gasteiger partial charge in [-0.25, -0.2) is 0 Å². The minimum Gasteiger partial charge on any atom is -0.508 e. The summed E-state index contributed by atoms with van der Waals surface area (Å²) in [6, 6.07) is 9.05. The van der Waals surface area contributed by atoms with Crippen LogP contribution in [0.15, 0.2) is 78.9 Å². The maximum absolute atomic E-state index is 14.5. The molecule has 0 aliphatic rings. The monoisotopic (exact) mass is 1260 g/mol. The van der Waals surface area contributed by atoms with Gasteiger partial charge >= 0.3 is 18.1 Å². The van der Waals surface area contributed by atoms with Gasteiger partial charge in [0.25, 0.3) is 5.91 Å². The van der Waals surface area contributed by atoms with Gasteiger partial charge in [-0.1, -0.05) is 84.0 Å². The summed E-state index contributed by atoms with van der Waals surface area (Å²) in [6.07, 6.45) is -6.84. The zero-order chi connectivity index (χ0) is 65.8. The number of halogens is 3. The van der Waals surface area contributed by atoms with E-state index >= 15 is 0 Å². The molecule has 0 aliphatic carbocycles. The van der Waals surface area contributed by atoms with Gasteiger partial charge in [-0.2, -0.15) is 13.2 Å². The Bertz CT molecular complexity index is 2880. The molecule has 0 saturated heterocycles. The smallest absolute Gasteiger partial charge is 0.416 e. The van der Waals surface area contributed by atoms with Gasteiger partial charge in [0.15, 0.2) is 0 Å². The number of carbonyl (C=O) groups is 12. The number of carbonyl (C=O) groups excluding carboxylic acids is 10. The van der Waals surface area contributed by atoms with E-state index in [9.17, 15) is 86.0 Å². The molecular weight excluding hydrogens is 1180 g/mol. The van der Waals surface area contributed by atoms with Crippen LogP contribution in [0.4, 0.5) is 13.2 Å². The van der Waals surface area contributed by atoms with Crippen molar-refractivity contribution in [3.8, 4) is 5.75 Å². The molecule has 10 amide bonds. The number of thioether (sulfide) groups is 1. The number of amides is 10. The van der Waals surface area contributed by atoms with Crippen LogP contribution < -0.4 is 53.6 Å². The highest BCUT2D eigenvalue weighted by atomic mass is 32.2. The number of unbranched alkanes of at least 4 members (excludes halogenated alkanes) is 1. The van der Waals surface area contributed by atoms with Gasteiger partial charge in [-0.05, 0) is 97.4 Å². The van der Waals surface area contributed by atoms with Crippen LogP contribution >= 0.6 is 11.8 Å². The summed E-state index contributed by atoms with van der Waals surface area (Å²) in [5.74, 6) is -12.6. The molecule has 0 radical (unpaired) electrons. The van der Waals surface area contributed by atoms with Gasteiger partial charge in [0.1, 0.15) is 47.3 Å². The number of benzene rings is 3. The number of phenols is 1. The summed E-state index contributed by atoms with van der Waals surface area (Å²) in [7, 11) is 0. The summed E-state index contributed by atoms with van der Waals surface area (Å²) in [4.78, 5) is 159. The van der Waals surface area contributed by atoms with Crippen molar-refractivity contribution in [3.63, 3.8) is 0 Å². The number of aliphatic carboxylic acids is 2. The van der Waals surface area contributed by atoms with Crippen molar-refractivity contribution in [2.24, 2.45) is 23.5 Å². The van der Waals surface area contributed by atoms with E-state index in [-0.39, 0.29) is 61.6 Å². The number of hydrogen-bond donors (Lipinski definition) is 13. The second-order valence-electron chi connectivity index (χ2n) is 21.8. The van der Waals surface area contributed by atoms with Crippen LogP contribution in [0, 0.1) is 17.8 Å². The Morgan fingerprint density at radius 1 is 0.557 bits per heavy atom. The lowest BCUT2D eigenvalue weighted by Gasteiger charge is -2.28. The molecule has 482 valence electrons. The van der Waals surface area contributed by atoms with E-state index < -0.39 is 168 Å². The Morgan fingerprint density at radius 2 is 1.08 bits per heavy atom. The Morgan fingerprint density at radius 3 is 1.61 bits per heavy atom. The fourth-order valence-electron chi connectivity index (χ4n) is 8.50. The fraction of sp³-hybridized carbons (Fsp3) is 0.492. The number of primary amides is 1.